The SMILES string of the molecule is O=C(NC1CCCCC1)[C@H](c1ccccc1F)N(Cc1ccc2c(c1)OCO2)C(=O)Cc1cccs1. The Labute approximate surface area is 214 Å². The summed E-state index contributed by atoms with van der Waals surface area (Å²) in [7, 11) is 0. The van der Waals surface area contributed by atoms with Gasteiger partial charge in [-0.2, -0.15) is 0 Å². The summed E-state index contributed by atoms with van der Waals surface area (Å²) < 4.78 is 26.1. The number of carbonyl (C=O) groups is 2. The fraction of sp³-hybridized carbons (Fsp3) is 0.357. The van der Waals surface area contributed by atoms with Crippen LogP contribution in [0.5, 0.6) is 11.5 Å². The zero-order valence-corrected chi connectivity index (χ0v) is 20.8. The van der Waals surface area contributed by atoms with E-state index in [9.17, 15) is 9.59 Å². The van der Waals surface area contributed by atoms with Crippen LogP contribution < -0.4 is 14.8 Å². The Balaban J connectivity index is 1.50. The highest BCUT2D eigenvalue weighted by Crippen LogP contribution is 2.34. The predicted octanol–water partition coefficient (Wildman–Crippen LogP) is 5.38. The number of hydrogen-bond acceptors (Lipinski definition) is 5. The van der Waals surface area contributed by atoms with Crippen molar-refractivity contribution in [1.29, 1.82) is 0 Å². The second kappa shape index (κ2) is 11.1. The Hall–Kier alpha value is -3.39. The number of nitrogens with zero attached hydrogens (tertiary/aromatic N) is 1. The van der Waals surface area contributed by atoms with E-state index in [1.807, 2.05) is 29.6 Å². The normalized spacial score (nSPS) is 15.9. The molecule has 188 valence electrons. The van der Waals surface area contributed by atoms with E-state index in [2.05, 4.69) is 5.32 Å². The van der Waals surface area contributed by atoms with Crippen LogP contribution in [-0.2, 0) is 22.6 Å². The topological polar surface area (TPSA) is 67.9 Å². The van der Waals surface area contributed by atoms with Crippen LogP contribution in [-0.4, -0.2) is 29.5 Å². The molecule has 0 bridgehead atoms. The molecule has 0 unspecified atom stereocenters. The van der Waals surface area contributed by atoms with Gasteiger partial charge in [-0.05, 0) is 48.1 Å². The standard InChI is InChI=1S/C28H29FN2O4S/c29-23-11-5-4-10-22(23)27(28(33)30-20-7-2-1-3-8-20)31(26(32)16-21-9-6-14-36-21)17-19-12-13-24-25(15-19)35-18-34-24/h4-6,9-15,20,27H,1-3,7-8,16-18H2,(H,30,33)/t27-/m0/s1. The van der Waals surface area contributed by atoms with Gasteiger partial charge in [0.1, 0.15) is 11.9 Å². The fourth-order valence-electron chi connectivity index (χ4n) is 4.90. The van der Waals surface area contributed by atoms with Gasteiger partial charge >= 0.3 is 0 Å². The molecule has 2 amide bonds. The quantitative estimate of drug-likeness (QED) is 0.444. The molecule has 0 saturated heterocycles. The lowest BCUT2D eigenvalue weighted by atomic mass is 9.94. The van der Waals surface area contributed by atoms with E-state index in [0.717, 1.165) is 42.5 Å². The molecular formula is C28H29FN2O4S. The molecule has 1 aliphatic heterocycles. The van der Waals surface area contributed by atoms with Crippen LogP contribution in [0, 0.1) is 5.82 Å². The summed E-state index contributed by atoms with van der Waals surface area (Å²) in [4.78, 5) is 29.9. The average Bonchev–Trinajstić information content (AvgIpc) is 3.57. The average molecular weight is 509 g/mol. The molecule has 36 heavy (non-hydrogen) atoms. The number of hydrogen-bond donors (Lipinski definition) is 1. The summed E-state index contributed by atoms with van der Waals surface area (Å²) in [6.07, 6.45) is 5.16. The minimum Gasteiger partial charge on any atom is -0.454 e. The van der Waals surface area contributed by atoms with Crippen LogP contribution in [0.4, 0.5) is 4.39 Å². The molecule has 6 nitrogen and oxygen atoms in total. The van der Waals surface area contributed by atoms with Gasteiger partial charge in [-0.15, -0.1) is 11.3 Å². The highest BCUT2D eigenvalue weighted by atomic mass is 32.1. The smallest absolute Gasteiger partial charge is 0.247 e. The molecule has 1 saturated carbocycles. The second-order valence-electron chi connectivity index (χ2n) is 9.23. The maximum absolute atomic E-state index is 15.1. The number of benzene rings is 2. The van der Waals surface area contributed by atoms with E-state index >= 15 is 4.39 Å². The van der Waals surface area contributed by atoms with E-state index in [0.29, 0.717) is 11.5 Å². The zero-order valence-electron chi connectivity index (χ0n) is 20.0. The summed E-state index contributed by atoms with van der Waals surface area (Å²) in [5.74, 6) is 0.110. The molecule has 1 aliphatic carbocycles. The number of nitrogens with one attached hydrogen (secondary N) is 1. The van der Waals surface area contributed by atoms with Gasteiger partial charge in [-0.25, -0.2) is 4.39 Å². The Morgan fingerprint density at radius 3 is 2.61 bits per heavy atom. The van der Waals surface area contributed by atoms with Gasteiger partial charge in [0, 0.05) is 23.0 Å². The molecular weight excluding hydrogens is 479 g/mol. The van der Waals surface area contributed by atoms with Gasteiger partial charge in [0.2, 0.25) is 18.6 Å². The number of carbonyl (C=O) groups excluding carboxylic acids is 2. The molecule has 0 spiro atoms. The van der Waals surface area contributed by atoms with Crippen molar-refractivity contribution in [3.05, 3.63) is 81.8 Å². The van der Waals surface area contributed by atoms with E-state index in [1.54, 1.807) is 24.3 Å². The summed E-state index contributed by atoms with van der Waals surface area (Å²) in [6.45, 7) is 0.263. The highest BCUT2D eigenvalue weighted by Gasteiger charge is 2.35. The molecule has 1 fully saturated rings. The van der Waals surface area contributed by atoms with Gasteiger partial charge in [-0.1, -0.05) is 49.6 Å². The first-order valence-electron chi connectivity index (χ1n) is 12.3. The molecule has 5 rings (SSSR count). The largest absolute Gasteiger partial charge is 0.454 e. The van der Waals surface area contributed by atoms with Gasteiger partial charge < -0.3 is 19.7 Å². The molecule has 8 heteroatoms. The van der Waals surface area contributed by atoms with Gasteiger partial charge in [-0.3, -0.25) is 9.59 Å². The van der Waals surface area contributed by atoms with Gasteiger partial charge in [0.15, 0.2) is 11.5 Å². The minimum absolute atomic E-state index is 0.0281. The van der Waals surface area contributed by atoms with Crippen LogP contribution in [0.25, 0.3) is 0 Å². The lowest BCUT2D eigenvalue weighted by molar-refractivity contribution is -0.141. The molecule has 2 aliphatic rings. The van der Waals surface area contributed by atoms with Gasteiger partial charge in [0.25, 0.3) is 0 Å². The summed E-state index contributed by atoms with van der Waals surface area (Å²) in [6, 6.07) is 14.4. The van der Waals surface area contributed by atoms with Crippen molar-refractivity contribution in [2.24, 2.45) is 0 Å². The Morgan fingerprint density at radius 2 is 1.83 bits per heavy atom. The first-order valence-corrected chi connectivity index (χ1v) is 13.2. The monoisotopic (exact) mass is 508 g/mol. The van der Waals surface area contributed by atoms with Crippen LogP contribution >= 0.6 is 11.3 Å². The van der Waals surface area contributed by atoms with Crippen LogP contribution in [0.1, 0.15) is 54.1 Å². The van der Waals surface area contributed by atoms with Crippen molar-refractivity contribution in [1.82, 2.24) is 10.2 Å². The van der Waals surface area contributed by atoms with Gasteiger partial charge in [0.05, 0.1) is 6.42 Å². The Kier molecular flexibility index (Phi) is 7.51. The van der Waals surface area contributed by atoms with E-state index in [1.165, 1.54) is 22.3 Å². The van der Waals surface area contributed by atoms with Crippen molar-refractivity contribution in [3.8, 4) is 11.5 Å². The third kappa shape index (κ3) is 5.54. The molecule has 1 aromatic heterocycles. The van der Waals surface area contributed by atoms with E-state index < -0.39 is 11.9 Å². The number of fused-ring (bicyclic) bond motifs is 1. The van der Waals surface area contributed by atoms with Crippen molar-refractivity contribution in [3.63, 3.8) is 0 Å². The van der Waals surface area contributed by atoms with Crippen LogP contribution in [0.2, 0.25) is 0 Å². The minimum atomic E-state index is -1.11. The number of ether oxygens (including phenoxy) is 2. The lowest BCUT2D eigenvalue weighted by Crippen LogP contribution is -2.47. The molecule has 2 aromatic carbocycles. The highest BCUT2D eigenvalue weighted by molar-refractivity contribution is 7.10. The third-order valence-corrected chi connectivity index (χ3v) is 7.60. The molecule has 1 N–H and O–H groups in total. The molecule has 0 radical (unpaired) electrons. The first kappa shape index (κ1) is 24.3. The zero-order chi connectivity index (χ0) is 24.9. The predicted molar refractivity (Wildman–Crippen MR) is 135 cm³/mol. The first-order chi connectivity index (χ1) is 17.6. The third-order valence-electron chi connectivity index (χ3n) is 6.73. The summed E-state index contributed by atoms with van der Waals surface area (Å²) in [5.41, 5.74) is 0.955. The number of amides is 2. The van der Waals surface area contributed by atoms with Crippen LogP contribution in [0.15, 0.2) is 60.0 Å². The maximum atomic E-state index is 15.1. The van der Waals surface area contributed by atoms with E-state index in [4.69, 9.17) is 9.47 Å². The van der Waals surface area contributed by atoms with Crippen molar-refractivity contribution >= 4 is 23.2 Å². The summed E-state index contributed by atoms with van der Waals surface area (Å²) in [5, 5.41) is 5.04. The lowest BCUT2D eigenvalue weighted by Gasteiger charge is -2.33. The Bertz CT molecular complexity index is 1210. The Morgan fingerprint density at radius 1 is 1.03 bits per heavy atom. The fourth-order valence-corrected chi connectivity index (χ4v) is 5.59. The number of thiophene rings is 1. The number of halogens is 1. The van der Waals surface area contributed by atoms with Crippen molar-refractivity contribution < 1.29 is 23.5 Å². The summed E-state index contributed by atoms with van der Waals surface area (Å²) >= 11 is 1.48. The van der Waals surface area contributed by atoms with E-state index in [-0.39, 0.29) is 43.2 Å². The van der Waals surface area contributed by atoms with Crippen molar-refractivity contribution in [2.45, 2.75) is 57.2 Å². The molecule has 2 heterocycles. The second-order valence-corrected chi connectivity index (χ2v) is 10.3. The van der Waals surface area contributed by atoms with Crippen LogP contribution in [0.3, 0.4) is 0 Å². The molecule has 1 atom stereocenters. The van der Waals surface area contributed by atoms with Crippen molar-refractivity contribution in [2.75, 3.05) is 6.79 Å². The maximum Gasteiger partial charge on any atom is 0.247 e. The molecule has 3 aromatic rings. The number of rotatable bonds is 8.